The van der Waals surface area contributed by atoms with Crippen molar-refractivity contribution in [2.24, 2.45) is 0 Å². The maximum Gasteiger partial charge on any atom is 0.306 e. The fraction of sp³-hybridized carbons (Fsp3) is 0.623. The van der Waals surface area contributed by atoms with E-state index in [1.807, 2.05) is 0 Å². The molecule has 378 valence electrons. The zero-order valence-corrected chi connectivity index (χ0v) is 43.1. The smallest absolute Gasteiger partial charge is 0.306 e. The number of hydrogen-bond donors (Lipinski definition) is 0. The van der Waals surface area contributed by atoms with Gasteiger partial charge in [0.15, 0.2) is 6.10 Å². The molecule has 0 aromatic rings. The van der Waals surface area contributed by atoms with E-state index in [0.29, 0.717) is 19.3 Å². The van der Waals surface area contributed by atoms with Crippen molar-refractivity contribution in [2.75, 3.05) is 13.2 Å². The van der Waals surface area contributed by atoms with Gasteiger partial charge in [0.2, 0.25) is 0 Å². The highest BCUT2D eigenvalue weighted by Gasteiger charge is 2.19. The van der Waals surface area contributed by atoms with Crippen LogP contribution in [0.15, 0.2) is 122 Å². The summed E-state index contributed by atoms with van der Waals surface area (Å²) < 4.78 is 16.7. The van der Waals surface area contributed by atoms with Crippen LogP contribution in [0.3, 0.4) is 0 Å². The summed E-state index contributed by atoms with van der Waals surface area (Å²) >= 11 is 0. The van der Waals surface area contributed by atoms with E-state index in [9.17, 15) is 14.4 Å². The molecule has 0 N–H and O–H groups in total. The lowest BCUT2D eigenvalue weighted by Gasteiger charge is -2.18. The van der Waals surface area contributed by atoms with Crippen LogP contribution in [0.25, 0.3) is 0 Å². The van der Waals surface area contributed by atoms with Crippen LogP contribution in [0, 0.1) is 0 Å². The lowest BCUT2D eigenvalue weighted by atomic mass is 10.1. The van der Waals surface area contributed by atoms with Crippen molar-refractivity contribution in [2.45, 2.75) is 232 Å². The zero-order valence-electron chi connectivity index (χ0n) is 43.1. The van der Waals surface area contributed by atoms with Crippen LogP contribution < -0.4 is 0 Å². The molecule has 1 unspecified atom stereocenters. The molecule has 0 aliphatic heterocycles. The Bertz CT molecular complexity index is 1440. The molecule has 0 spiro atoms. The van der Waals surface area contributed by atoms with Gasteiger partial charge in [-0.05, 0) is 109 Å². The monoisotopic (exact) mass is 927 g/mol. The fourth-order valence-electron chi connectivity index (χ4n) is 6.91. The maximum atomic E-state index is 12.7. The average molecular weight is 927 g/mol. The molecule has 0 saturated heterocycles. The van der Waals surface area contributed by atoms with Crippen LogP contribution in [-0.2, 0) is 28.6 Å². The van der Waals surface area contributed by atoms with Crippen molar-refractivity contribution in [1.82, 2.24) is 0 Å². The summed E-state index contributed by atoms with van der Waals surface area (Å²) in [6.45, 7) is 6.39. The Morgan fingerprint density at radius 2 is 0.597 bits per heavy atom. The number of rotatable bonds is 47. The Kier molecular flexibility index (Phi) is 51.0. The molecule has 0 rings (SSSR count). The van der Waals surface area contributed by atoms with Gasteiger partial charge in [-0.2, -0.15) is 0 Å². The van der Waals surface area contributed by atoms with Gasteiger partial charge in [0.05, 0.1) is 0 Å². The van der Waals surface area contributed by atoms with Gasteiger partial charge < -0.3 is 14.2 Å². The first-order valence-corrected chi connectivity index (χ1v) is 27.0. The number of allylic oxidation sites excluding steroid dienone is 20. The van der Waals surface area contributed by atoms with Crippen molar-refractivity contribution in [3.8, 4) is 0 Å². The quantitative estimate of drug-likeness (QED) is 0.0262. The third-order valence-electron chi connectivity index (χ3n) is 11.0. The molecular weight excluding hydrogens is 829 g/mol. The lowest BCUT2D eigenvalue weighted by Crippen LogP contribution is -2.30. The molecule has 6 heteroatoms. The second-order valence-corrected chi connectivity index (χ2v) is 17.4. The van der Waals surface area contributed by atoms with E-state index in [1.54, 1.807) is 0 Å². The molecular formula is C61H98O6. The van der Waals surface area contributed by atoms with E-state index in [1.165, 1.54) is 64.2 Å². The van der Waals surface area contributed by atoms with E-state index in [4.69, 9.17) is 14.2 Å². The zero-order chi connectivity index (χ0) is 48.6. The summed E-state index contributed by atoms with van der Waals surface area (Å²) in [7, 11) is 0. The van der Waals surface area contributed by atoms with Gasteiger partial charge in [0.25, 0.3) is 0 Å². The summed E-state index contributed by atoms with van der Waals surface area (Å²) in [5.41, 5.74) is 0. The third kappa shape index (κ3) is 52.6. The molecule has 0 aromatic heterocycles. The number of esters is 3. The standard InChI is InChI=1S/C61H98O6/c1-4-7-10-13-16-19-21-23-24-25-26-27-28-29-30-31-32-33-34-35-36-37-38-39-41-42-45-48-51-54-60(63)66-57-58(56-65-59(62)53-50-47-44-18-15-12-9-6-3)67-61(64)55-52-49-46-43-40-22-20-17-14-11-8-5-2/h7,10,16-17,19-20,23-24,26-27,29-30,32-33,35-36,38-39,42,45,58H,4-6,8-9,11-15,18,21-22,25,28,31,34,37,40-41,43-44,46-57H2,1-3H3/b10-7-,19-16-,20-17-,24-23-,27-26-,30-29-,33-32-,36-35-,39-38-,45-42-. The van der Waals surface area contributed by atoms with Crippen LogP contribution in [0.2, 0.25) is 0 Å². The first-order chi connectivity index (χ1) is 33.0. The molecule has 0 bridgehead atoms. The summed E-state index contributed by atoms with van der Waals surface area (Å²) in [6.07, 6.45) is 74.9. The summed E-state index contributed by atoms with van der Waals surface area (Å²) in [4.78, 5) is 37.8. The van der Waals surface area contributed by atoms with Gasteiger partial charge >= 0.3 is 17.9 Å². The van der Waals surface area contributed by atoms with Crippen LogP contribution in [0.4, 0.5) is 0 Å². The van der Waals surface area contributed by atoms with E-state index in [0.717, 1.165) is 116 Å². The Morgan fingerprint density at radius 3 is 1.01 bits per heavy atom. The van der Waals surface area contributed by atoms with Crippen molar-refractivity contribution in [3.63, 3.8) is 0 Å². The van der Waals surface area contributed by atoms with Gasteiger partial charge in [0, 0.05) is 19.3 Å². The van der Waals surface area contributed by atoms with Gasteiger partial charge in [-0.3, -0.25) is 14.4 Å². The van der Waals surface area contributed by atoms with Crippen molar-refractivity contribution in [1.29, 1.82) is 0 Å². The normalized spacial score (nSPS) is 13.1. The first-order valence-electron chi connectivity index (χ1n) is 27.0. The topological polar surface area (TPSA) is 78.9 Å². The van der Waals surface area contributed by atoms with Crippen LogP contribution in [-0.4, -0.2) is 37.2 Å². The molecule has 0 radical (unpaired) electrons. The fourth-order valence-corrected chi connectivity index (χ4v) is 6.91. The highest BCUT2D eigenvalue weighted by atomic mass is 16.6. The van der Waals surface area contributed by atoms with Gasteiger partial charge in [-0.1, -0.05) is 219 Å². The van der Waals surface area contributed by atoms with Gasteiger partial charge in [0.1, 0.15) is 13.2 Å². The van der Waals surface area contributed by atoms with Crippen LogP contribution >= 0.6 is 0 Å². The first kappa shape index (κ1) is 62.8. The van der Waals surface area contributed by atoms with Crippen molar-refractivity contribution >= 4 is 17.9 Å². The number of carbonyl (C=O) groups is 3. The Labute approximate surface area is 412 Å². The molecule has 1 atom stereocenters. The Hall–Kier alpha value is -4.19. The summed E-state index contributed by atoms with van der Waals surface area (Å²) in [6, 6.07) is 0. The van der Waals surface area contributed by atoms with Crippen LogP contribution in [0.5, 0.6) is 0 Å². The second-order valence-electron chi connectivity index (χ2n) is 17.4. The third-order valence-corrected chi connectivity index (χ3v) is 11.0. The number of carbonyl (C=O) groups excluding carboxylic acids is 3. The minimum absolute atomic E-state index is 0.101. The molecule has 6 nitrogen and oxygen atoms in total. The number of ether oxygens (including phenoxy) is 3. The Morgan fingerprint density at radius 1 is 0.313 bits per heavy atom. The van der Waals surface area contributed by atoms with Crippen molar-refractivity contribution < 1.29 is 28.6 Å². The molecule has 0 fully saturated rings. The highest BCUT2D eigenvalue weighted by Crippen LogP contribution is 2.13. The molecule has 0 amide bonds. The maximum absolute atomic E-state index is 12.7. The number of hydrogen-bond acceptors (Lipinski definition) is 6. The van der Waals surface area contributed by atoms with E-state index in [-0.39, 0.29) is 37.5 Å². The van der Waals surface area contributed by atoms with Crippen LogP contribution in [0.1, 0.15) is 226 Å². The molecule has 0 heterocycles. The van der Waals surface area contributed by atoms with Gasteiger partial charge in [-0.15, -0.1) is 0 Å². The minimum Gasteiger partial charge on any atom is -0.462 e. The number of unbranched alkanes of at least 4 members (excludes halogenated alkanes) is 16. The van der Waals surface area contributed by atoms with E-state index in [2.05, 4.69) is 142 Å². The van der Waals surface area contributed by atoms with Gasteiger partial charge in [-0.25, -0.2) is 0 Å². The Balaban J connectivity index is 4.33. The lowest BCUT2D eigenvalue weighted by molar-refractivity contribution is -0.167. The summed E-state index contributed by atoms with van der Waals surface area (Å²) in [5.74, 6) is -0.985. The molecule has 0 aliphatic rings. The molecule has 0 saturated carbocycles. The highest BCUT2D eigenvalue weighted by molar-refractivity contribution is 5.71. The molecule has 67 heavy (non-hydrogen) atoms. The van der Waals surface area contributed by atoms with Crippen molar-refractivity contribution in [3.05, 3.63) is 122 Å². The average Bonchev–Trinajstić information content (AvgIpc) is 3.33. The van der Waals surface area contributed by atoms with E-state index >= 15 is 0 Å². The second kappa shape index (κ2) is 54.4. The predicted octanol–water partition coefficient (Wildman–Crippen LogP) is 18.1. The molecule has 0 aromatic carbocycles. The SMILES string of the molecule is CC/C=C\C/C=C\C/C=C\C/C=C\C/C=C\C/C=C\C/C=C\C/C=C\C/C=C\CCCC(=O)OCC(COC(=O)CCCCCCCCCC)OC(=O)CCCCCCC/C=C\CCCCC. The minimum atomic E-state index is -0.804. The molecule has 0 aliphatic carbocycles. The predicted molar refractivity (Wildman–Crippen MR) is 288 cm³/mol. The largest absolute Gasteiger partial charge is 0.462 e. The van der Waals surface area contributed by atoms with E-state index < -0.39 is 6.10 Å². The summed E-state index contributed by atoms with van der Waals surface area (Å²) in [5, 5.41) is 0.